The van der Waals surface area contributed by atoms with E-state index in [1.54, 1.807) is 0 Å². The first kappa shape index (κ1) is 35.8. The third-order valence-corrected chi connectivity index (χ3v) is 17.8. The number of fused-ring (bicyclic) bond motifs is 4. The second-order valence-corrected chi connectivity index (χ2v) is 21.4. The molecule has 53 heavy (non-hydrogen) atoms. The lowest BCUT2D eigenvalue weighted by atomic mass is 9.67. The molecular formula is C46H72O7. The van der Waals surface area contributed by atoms with Gasteiger partial charge in [0.1, 0.15) is 6.79 Å². The van der Waals surface area contributed by atoms with Crippen molar-refractivity contribution in [1.82, 2.24) is 0 Å². The molecule has 10 aliphatic carbocycles. The zero-order chi connectivity index (χ0) is 34.9. The van der Waals surface area contributed by atoms with Gasteiger partial charge in [0.25, 0.3) is 0 Å². The summed E-state index contributed by atoms with van der Waals surface area (Å²) in [6.45, 7) is 3.61. The first-order valence-electron chi connectivity index (χ1n) is 23.5. The maximum atomic E-state index is 5.82. The van der Waals surface area contributed by atoms with Crippen LogP contribution in [0.15, 0.2) is 0 Å². The zero-order valence-corrected chi connectivity index (χ0v) is 32.8. The van der Waals surface area contributed by atoms with Crippen LogP contribution in [0.2, 0.25) is 0 Å². The van der Waals surface area contributed by atoms with Crippen molar-refractivity contribution in [2.45, 2.75) is 196 Å². The Labute approximate surface area is 320 Å². The van der Waals surface area contributed by atoms with Gasteiger partial charge in [-0.2, -0.15) is 0 Å². The molecule has 0 aromatic carbocycles. The van der Waals surface area contributed by atoms with Crippen LogP contribution in [0, 0.1) is 65.1 Å². The highest BCUT2D eigenvalue weighted by atomic mass is 16.7. The molecule has 0 spiro atoms. The molecule has 12 atom stereocenters. The largest absolute Gasteiger partial charge is 0.378 e. The molecule has 7 heteroatoms. The minimum atomic E-state index is 0.525. The summed E-state index contributed by atoms with van der Waals surface area (Å²) in [5.41, 5.74) is 0. The van der Waals surface area contributed by atoms with Crippen LogP contribution in [0.1, 0.15) is 141 Å². The molecule has 0 radical (unpaired) electrons. The van der Waals surface area contributed by atoms with E-state index in [-0.39, 0.29) is 0 Å². The van der Waals surface area contributed by atoms with E-state index in [1.807, 2.05) is 0 Å². The second-order valence-electron chi connectivity index (χ2n) is 21.4. The van der Waals surface area contributed by atoms with Gasteiger partial charge in [-0.25, -0.2) is 0 Å². The fourth-order valence-corrected chi connectivity index (χ4v) is 15.6. The molecule has 20 bridgehead atoms. The van der Waals surface area contributed by atoms with Crippen LogP contribution in [0.4, 0.5) is 0 Å². The third kappa shape index (κ3) is 7.84. The van der Waals surface area contributed by atoms with E-state index in [9.17, 15) is 0 Å². The predicted molar refractivity (Wildman–Crippen MR) is 201 cm³/mol. The molecule has 0 N–H and O–H groups in total. The van der Waals surface area contributed by atoms with E-state index in [4.69, 9.17) is 33.2 Å². The molecule has 19 rings (SSSR count). The molecular weight excluding hydrogens is 664 g/mol. The normalized spacial score (nSPS) is 55.7. The van der Waals surface area contributed by atoms with Gasteiger partial charge in [0, 0.05) is 6.61 Å². The van der Waals surface area contributed by atoms with Crippen molar-refractivity contribution in [3.05, 3.63) is 0 Å². The quantitative estimate of drug-likeness (QED) is 0.246. The summed E-state index contributed by atoms with van der Waals surface area (Å²) >= 11 is 0. The average molecular weight is 737 g/mol. The standard InChI is InChI=1S/C9H14O.3C8H12O.C7H12O2.C6H10O/c1-6-2-8-4-7(1)5-9(3-6)10-8;1-5-2-8-4-6(5)3-7(1)9-8;1-5-2-7-4-6(1)8(3-5)9-7;1-2-6-7-4-9-8(6)3-5(1)7;1-2-7-3-6(1)4-8-5-9-7;1-2-6-3-5(1)4-7-6/h6-9H,1-5H2;3*5-8H,1-4H2;6-7H,1-5H2;5-6H,1-4H2. The highest BCUT2D eigenvalue weighted by molar-refractivity contribution is 5.02. The number of hydrogen-bond donors (Lipinski definition) is 0. The fraction of sp³-hybridized carbons (Fsp3) is 1.00. The Bertz CT molecular complexity index is 1040. The maximum absolute atomic E-state index is 5.82. The third-order valence-electron chi connectivity index (χ3n) is 17.8. The van der Waals surface area contributed by atoms with Crippen LogP contribution in [0.25, 0.3) is 0 Å². The molecule has 19 fully saturated rings. The van der Waals surface area contributed by atoms with Crippen LogP contribution < -0.4 is 0 Å². The summed E-state index contributed by atoms with van der Waals surface area (Å²) in [5.74, 6) is 11.1. The Morgan fingerprint density at radius 1 is 0.283 bits per heavy atom. The molecule has 12 unspecified atom stereocenters. The minimum absolute atomic E-state index is 0.525. The lowest BCUT2D eigenvalue weighted by Crippen LogP contribution is -2.45. The highest BCUT2D eigenvalue weighted by Crippen LogP contribution is 2.55. The number of rotatable bonds is 0. The summed E-state index contributed by atoms with van der Waals surface area (Å²) in [5, 5.41) is 0. The van der Waals surface area contributed by atoms with Crippen LogP contribution >= 0.6 is 0 Å². The molecule has 9 aliphatic heterocycles. The van der Waals surface area contributed by atoms with Gasteiger partial charge in [-0.05, 0) is 206 Å². The van der Waals surface area contributed by atoms with Crippen molar-refractivity contribution >= 4 is 0 Å². The van der Waals surface area contributed by atoms with Gasteiger partial charge < -0.3 is 33.2 Å². The van der Waals surface area contributed by atoms with Crippen molar-refractivity contribution in [2.24, 2.45) is 65.1 Å². The van der Waals surface area contributed by atoms with Crippen LogP contribution in [0.3, 0.4) is 0 Å². The van der Waals surface area contributed by atoms with E-state index >= 15 is 0 Å². The smallest absolute Gasteiger partial charge is 0.147 e. The van der Waals surface area contributed by atoms with E-state index in [2.05, 4.69) is 0 Å². The molecule has 19 aliphatic rings. The Hall–Kier alpha value is -0.280. The Kier molecular flexibility index (Phi) is 10.5. The molecule has 0 amide bonds. The van der Waals surface area contributed by atoms with E-state index in [0.29, 0.717) is 61.7 Å². The Morgan fingerprint density at radius 2 is 0.868 bits per heavy atom. The SMILES string of the molecule is C1C2CC3CC(CC13)O2.C1C2CC3CC1CC(C2)O3.C1C2CC3CC1OC3C2.C1CC2C3CC1C2CO3.C1CC2CC1CO2.C1OCC2CCC(C2)O1. The van der Waals surface area contributed by atoms with E-state index in [1.165, 1.54) is 141 Å². The van der Waals surface area contributed by atoms with Gasteiger partial charge in [0.2, 0.25) is 0 Å². The molecule has 9 heterocycles. The monoisotopic (exact) mass is 737 g/mol. The van der Waals surface area contributed by atoms with E-state index in [0.717, 1.165) is 84.9 Å². The lowest BCUT2D eigenvalue weighted by molar-refractivity contribution is -0.154. The van der Waals surface area contributed by atoms with E-state index < -0.39 is 0 Å². The second kappa shape index (κ2) is 15.5. The van der Waals surface area contributed by atoms with Crippen LogP contribution in [-0.4, -0.2) is 81.5 Å². The van der Waals surface area contributed by atoms with Crippen LogP contribution in [-0.2, 0) is 33.2 Å². The highest BCUT2D eigenvalue weighted by Gasteiger charge is 2.53. The summed E-state index contributed by atoms with van der Waals surface area (Å²) in [4.78, 5) is 0. The summed E-state index contributed by atoms with van der Waals surface area (Å²) in [6, 6.07) is 0. The first-order valence-corrected chi connectivity index (χ1v) is 23.5. The number of hydrogen-bond acceptors (Lipinski definition) is 7. The molecule has 0 aromatic rings. The Balaban J connectivity index is 0.0000000751. The first-order chi connectivity index (χ1) is 26.1. The maximum Gasteiger partial charge on any atom is 0.147 e. The Morgan fingerprint density at radius 3 is 1.34 bits per heavy atom. The molecule has 9 saturated heterocycles. The number of ether oxygens (including phenoxy) is 7. The predicted octanol–water partition coefficient (Wildman–Crippen LogP) is 8.89. The van der Waals surface area contributed by atoms with Crippen molar-refractivity contribution in [3.8, 4) is 0 Å². The molecule has 10 saturated carbocycles. The zero-order valence-electron chi connectivity index (χ0n) is 32.8. The van der Waals surface area contributed by atoms with Gasteiger partial charge in [0.05, 0.1) is 68.1 Å². The molecule has 0 aromatic heterocycles. The van der Waals surface area contributed by atoms with Gasteiger partial charge in [-0.1, -0.05) is 0 Å². The minimum Gasteiger partial charge on any atom is -0.378 e. The molecule has 298 valence electrons. The van der Waals surface area contributed by atoms with Gasteiger partial charge in [-0.15, -0.1) is 0 Å². The molecule has 7 nitrogen and oxygen atoms in total. The van der Waals surface area contributed by atoms with Crippen molar-refractivity contribution in [1.29, 1.82) is 0 Å². The van der Waals surface area contributed by atoms with Gasteiger partial charge >= 0.3 is 0 Å². The topological polar surface area (TPSA) is 64.6 Å². The summed E-state index contributed by atoms with van der Waals surface area (Å²) in [6.07, 6.45) is 36.6. The average Bonchev–Trinajstić information content (AvgIpc) is 4.03. The van der Waals surface area contributed by atoms with Crippen LogP contribution in [0.5, 0.6) is 0 Å². The van der Waals surface area contributed by atoms with Gasteiger partial charge in [-0.3, -0.25) is 0 Å². The van der Waals surface area contributed by atoms with Gasteiger partial charge in [0.15, 0.2) is 0 Å². The summed E-state index contributed by atoms with van der Waals surface area (Å²) < 4.78 is 38.8. The van der Waals surface area contributed by atoms with Crippen molar-refractivity contribution in [3.63, 3.8) is 0 Å². The summed E-state index contributed by atoms with van der Waals surface area (Å²) in [7, 11) is 0. The van der Waals surface area contributed by atoms with Crippen molar-refractivity contribution < 1.29 is 33.2 Å². The lowest BCUT2D eigenvalue weighted by Gasteiger charge is -2.49. The van der Waals surface area contributed by atoms with Crippen molar-refractivity contribution in [2.75, 3.05) is 26.6 Å². The fourth-order valence-electron chi connectivity index (χ4n) is 15.6.